The highest BCUT2D eigenvalue weighted by molar-refractivity contribution is 7.90. The van der Waals surface area contributed by atoms with Gasteiger partial charge in [-0.15, -0.1) is 0 Å². The molecular weight excluding hydrogens is 298 g/mol. The van der Waals surface area contributed by atoms with Crippen LogP contribution in [0.5, 0.6) is 0 Å². The van der Waals surface area contributed by atoms with Crippen molar-refractivity contribution < 1.29 is 8.42 Å². The third-order valence-electron chi connectivity index (χ3n) is 3.14. The van der Waals surface area contributed by atoms with Crippen LogP contribution in [-0.2, 0) is 22.6 Å². The first-order valence-corrected chi connectivity index (χ1v) is 8.02. The second kappa shape index (κ2) is 5.10. The van der Waals surface area contributed by atoms with Crippen molar-refractivity contribution in [2.45, 2.75) is 24.5 Å². The number of hydrogen-bond donors (Lipinski definition) is 1. The third kappa shape index (κ3) is 2.66. The number of sulfone groups is 1. The van der Waals surface area contributed by atoms with Gasteiger partial charge < -0.3 is 5.73 Å². The van der Waals surface area contributed by atoms with Crippen LogP contribution in [0.3, 0.4) is 0 Å². The van der Waals surface area contributed by atoms with Crippen molar-refractivity contribution in [1.29, 1.82) is 0 Å². The lowest BCUT2D eigenvalue weighted by molar-refractivity contribution is 0.594. The molecule has 0 saturated carbocycles. The van der Waals surface area contributed by atoms with E-state index in [1.807, 2.05) is 0 Å². The maximum Gasteiger partial charge on any atom is 0.182 e. The van der Waals surface area contributed by atoms with E-state index in [9.17, 15) is 8.42 Å². The second-order valence-corrected chi connectivity index (χ2v) is 7.08. The average molecular weight is 314 g/mol. The molecule has 0 radical (unpaired) electrons. The normalized spacial score (nSPS) is 11.8. The van der Waals surface area contributed by atoms with Crippen molar-refractivity contribution in [1.82, 2.24) is 9.78 Å². The number of anilines is 1. The van der Waals surface area contributed by atoms with Crippen molar-refractivity contribution >= 4 is 27.1 Å². The number of halogens is 1. The molecule has 20 heavy (non-hydrogen) atoms. The Morgan fingerprint density at radius 2 is 2.00 bits per heavy atom. The summed E-state index contributed by atoms with van der Waals surface area (Å²) in [6, 6.07) is 4.75. The number of aromatic nitrogens is 2. The second-order valence-electron chi connectivity index (χ2n) is 4.76. The third-order valence-corrected chi connectivity index (χ3v) is 5.41. The minimum absolute atomic E-state index is 0.170. The van der Waals surface area contributed by atoms with Crippen LogP contribution in [0.15, 0.2) is 23.1 Å². The van der Waals surface area contributed by atoms with E-state index in [0.717, 1.165) is 0 Å². The first-order chi connectivity index (χ1) is 9.22. The quantitative estimate of drug-likeness (QED) is 0.882. The highest BCUT2D eigenvalue weighted by Crippen LogP contribution is 2.26. The standard InChI is InChI=1S/C13H16ClN3O2S/c1-8-6-10(15)4-5-12(8)20(18,19)7-11-9(2)16-17(3)13(11)14/h4-6H,7,15H2,1-3H3. The number of aryl methyl sites for hydroxylation is 3. The zero-order valence-electron chi connectivity index (χ0n) is 11.5. The van der Waals surface area contributed by atoms with Gasteiger partial charge in [0.2, 0.25) is 0 Å². The van der Waals surface area contributed by atoms with Crippen LogP contribution < -0.4 is 5.73 Å². The van der Waals surface area contributed by atoms with Gasteiger partial charge >= 0.3 is 0 Å². The average Bonchev–Trinajstić information content (AvgIpc) is 2.55. The molecule has 0 unspecified atom stereocenters. The summed E-state index contributed by atoms with van der Waals surface area (Å²) >= 11 is 6.09. The summed E-state index contributed by atoms with van der Waals surface area (Å²) in [5, 5.41) is 4.47. The lowest BCUT2D eigenvalue weighted by Gasteiger charge is -2.08. The highest BCUT2D eigenvalue weighted by Gasteiger charge is 2.22. The molecule has 7 heteroatoms. The molecule has 1 aromatic carbocycles. The minimum Gasteiger partial charge on any atom is -0.399 e. The molecule has 0 bridgehead atoms. The molecule has 0 atom stereocenters. The maximum atomic E-state index is 12.5. The van der Waals surface area contributed by atoms with Crippen molar-refractivity contribution in [3.05, 3.63) is 40.2 Å². The highest BCUT2D eigenvalue weighted by atomic mass is 35.5. The Morgan fingerprint density at radius 3 is 2.50 bits per heavy atom. The first-order valence-electron chi connectivity index (χ1n) is 5.99. The number of nitrogens with two attached hydrogens (primary N) is 1. The summed E-state index contributed by atoms with van der Waals surface area (Å²) in [6.45, 7) is 3.47. The number of rotatable bonds is 3. The van der Waals surface area contributed by atoms with Crippen molar-refractivity contribution in [3.8, 4) is 0 Å². The van der Waals surface area contributed by atoms with E-state index in [1.165, 1.54) is 10.7 Å². The van der Waals surface area contributed by atoms with Crippen molar-refractivity contribution in [2.24, 2.45) is 7.05 Å². The molecule has 0 aliphatic rings. The Balaban J connectivity index is 2.46. The fourth-order valence-corrected chi connectivity index (χ4v) is 4.15. The number of nitrogens with zero attached hydrogens (tertiary/aromatic N) is 2. The first kappa shape index (κ1) is 14.9. The summed E-state index contributed by atoms with van der Waals surface area (Å²) in [6.07, 6.45) is 0. The van der Waals surface area contributed by atoms with Gasteiger partial charge in [0.1, 0.15) is 5.15 Å². The smallest absolute Gasteiger partial charge is 0.182 e. The summed E-state index contributed by atoms with van der Waals surface area (Å²) in [5.74, 6) is -0.170. The molecular formula is C13H16ClN3O2S. The van der Waals surface area contributed by atoms with E-state index in [1.54, 1.807) is 33.0 Å². The number of hydrogen-bond acceptors (Lipinski definition) is 4. The van der Waals surface area contributed by atoms with Crippen LogP contribution in [0.4, 0.5) is 5.69 Å². The zero-order valence-corrected chi connectivity index (χ0v) is 13.1. The Labute approximate surface area is 123 Å². The van der Waals surface area contributed by atoms with Gasteiger partial charge in [0.25, 0.3) is 0 Å². The van der Waals surface area contributed by atoms with E-state index in [0.29, 0.717) is 27.7 Å². The Hall–Kier alpha value is -1.53. The number of benzene rings is 1. The molecule has 0 spiro atoms. The Kier molecular flexibility index (Phi) is 3.80. The lowest BCUT2D eigenvalue weighted by atomic mass is 10.2. The molecule has 2 rings (SSSR count). The van der Waals surface area contributed by atoms with Gasteiger partial charge in [0.15, 0.2) is 9.84 Å². The topological polar surface area (TPSA) is 78.0 Å². The molecule has 1 heterocycles. The summed E-state index contributed by atoms with van der Waals surface area (Å²) < 4.78 is 26.5. The van der Waals surface area contributed by atoms with E-state index >= 15 is 0 Å². The van der Waals surface area contributed by atoms with Gasteiger partial charge in [0, 0.05) is 18.3 Å². The largest absolute Gasteiger partial charge is 0.399 e. The summed E-state index contributed by atoms with van der Waals surface area (Å²) in [7, 11) is -1.81. The van der Waals surface area contributed by atoms with Crippen LogP contribution in [0.1, 0.15) is 16.8 Å². The van der Waals surface area contributed by atoms with Crippen LogP contribution in [0.25, 0.3) is 0 Å². The van der Waals surface area contributed by atoms with E-state index < -0.39 is 9.84 Å². The molecule has 2 aromatic rings. The molecule has 0 aliphatic carbocycles. The Bertz CT molecular complexity index is 766. The van der Waals surface area contributed by atoms with Gasteiger partial charge in [-0.05, 0) is 37.6 Å². The van der Waals surface area contributed by atoms with Crippen LogP contribution in [0, 0.1) is 13.8 Å². The lowest BCUT2D eigenvalue weighted by Crippen LogP contribution is -2.08. The minimum atomic E-state index is -3.49. The van der Waals surface area contributed by atoms with Crippen molar-refractivity contribution in [3.63, 3.8) is 0 Å². The van der Waals surface area contributed by atoms with Gasteiger partial charge in [-0.3, -0.25) is 4.68 Å². The Morgan fingerprint density at radius 1 is 1.35 bits per heavy atom. The number of nitrogen functional groups attached to an aromatic ring is 1. The monoisotopic (exact) mass is 313 g/mol. The van der Waals surface area contributed by atoms with E-state index in [4.69, 9.17) is 17.3 Å². The maximum absolute atomic E-state index is 12.5. The summed E-state index contributed by atoms with van der Waals surface area (Å²) in [5.41, 5.74) is 7.96. The molecule has 2 N–H and O–H groups in total. The van der Waals surface area contributed by atoms with Gasteiger partial charge in [-0.1, -0.05) is 11.6 Å². The van der Waals surface area contributed by atoms with Gasteiger partial charge in [0.05, 0.1) is 16.3 Å². The van der Waals surface area contributed by atoms with E-state index in [-0.39, 0.29) is 10.6 Å². The SMILES string of the molecule is Cc1cc(N)ccc1S(=O)(=O)Cc1c(C)nn(C)c1Cl. The van der Waals surface area contributed by atoms with E-state index in [2.05, 4.69) is 5.10 Å². The molecule has 0 aliphatic heterocycles. The molecule has 5 nitrogen and oxygen atoms in total. The fourth-order valence-electron chi connectivity index (χ4n) is 2.13. The molecule has 0 saturated heterocycles. The zero-order chi connectivity index (χ0) is 15.1. The van der Waals surface area contributed by atoms with Crippen molar-refractivity contribution in [2.75, 3.05) is 5.73 Å². The van der Waals surface area contributed by atoms with Gasteiger partial charge in [-0.2, -0.15) is 5.10 Å². The molecule has 108 valence electrons. The molecule has 1 aromatic heterocycles. The predicted octanol–water partition coefficient (Wildman–Crippen LogP) is 2.25. The fraction of sp³-hybridized carbons (Fsp3) is 0.308. The molecule has 0 amide bonds. The van der Waals surface area contributed by atoms with Crippen LogP contribution in [0.2, 0.25) is 5.15 Å². The van der Waals surface area contributed by atoms with Gasteiger partial charge in [-0.25, -0.2) is 8.42 Å². The summed E-state index contributed by atoms with van der Waals surface area (Å²) in [4.78, 5) is 0.269. The molecule has 0 fully saturated rings. The van der Waals surface area contributed by atoms with Crippen LogP contribution in [-0.4, -0.2) is 18.2 Å². The van der Waals surface area contributed by atoms with Crippen LogP contribution >= 0.6 is 11.6 Å². The predicted molar refractivity (Wildman–Crippen MR) is 79.4 cm³/mol.